The van der Waals surface area contributed by atoms with Gasteiger partial charge in [-0.05, 0) is 36.1 Å². The number of pyridine rings is 2. The highest BCUT2D eigenvalue weighted by Crippen LogP contribution is 2.06. The third-order valence-electron chi connectivity index (χ3n) is 3.62. The summed E-state index contributed by atoms with van der Waals surface area (Å²) in [5.74, 6) is -1.81. The van der Waals surface area contributed by atoms with E-state index < -0.39 is 31.5 Å². The standard InChI is InChI=1S/C17H17B3F3N2O2P/c1-3-13(5-4-12(2)21)18-26-19(14-6-8-16(22)24-10-14)27-20(28)15-7-9-17(23)25-11-15/h3-11,18H,2,28H2,1H3/b5-4-,13-3+. The molecule has 142 valence electrons. The minimum absolute atomic E-state index is 0.0986. The first-order valence-electron chi connectivity index (χ1n) is 8.32. The van der Waals surface area contributed by atoms with E-state index in [1.807, 2.05) is 0 Å². The van der Waals surface area contributed by atoms with Gasteiger partial charge in [0, 0.05) is 12.4 Å². The van der Waals surface area contributed by atoms with E-state index >= 15 is 0 Å². The Morgan fingerprint density at radius 3 is 2.21 bits per heavy atom. The molecule has 2 aromatic rings. The Bertz CT molecular complexity index is 852. The minimum atomic E-state index is -0.905. The zero-order valence-corrected chi connectivity index (χ0v) is 16.3. The van der Waals surface area contributed by atoms with Crippen LogP contribution in [-0.2, 0) is 9.14 Å². The summed E-state index contributed by atoms with van der Waals surface area (Å²) in [6, 6.07) is 5.43. The second-order valence-corrected chi connectivity index (χ2v) is 6.28. The fourth-order valence-corrected chi connectivity index (χ4v) is 2.44. The Morgan fingerprint density at radius 2 is 1.71 bits per heavy atom. The molecule has 0 N–H and O–H groups in total. The first-order chi connectivity index (χ1) is 13.4. The summed E-state index contributed by atoms with van der Waals surface area (Å²) in [5.41, 5.74) is 1.78. The lowest BCUT2D eigenvalue weighted by Crippen LogP contribution is -2.45. The van der Waals surface area contributed by atoms with Crippen LogP contribution in [0, 0.1) is 11.9 Å². The van der Waals surface area contributed by atoms with Crippen LogP contribution in [0.5, 0.6) is 0 Å². The lowest BCUT2D eigenvalue weighted by molar-refractivity contribution is 0.475. The Balaban J connectivity index is 2.16. The highest BCUT2D eigenvalue weighted by molar-refractivity contribution is 7.63. The average Bonchev–Trinajstić information content (AvgIpc) is 2.68. The summed E-state index contributed by atoms with van der Waals surface area (Å²) in [7, 11) is 1.66. The van der Waals surface area contributed by atoms with Crippen molar-refractivity contribution in [3.8, 4) is 0 Å². The molecule has 2 rings (SSSR count). The second-order valence-electron chi connectivity index (χ2n) is 5.67. The van der Waals surface area contributed by atoms with Crippen molar-refractivity contribution in [3.05, 3.63) is 84.7 Å². The largest absolute Gasteiger partial charge is 0.471 e. The van der Waals surface area contributed by atoms with E-state index in [1.54, 1.807) is 13.0 Å². The van der Waals surface area contributed by atoms with Gasteiger partial charge in [0.1, 0.15) is 5.83 Å². The lowest BCUT2D eigenvalue weighted by atomic mass is 9.71. The van der Waals surface area contributed by atoms with Crippen molar-refractivity contribution in [2.75, 3.05) is 0 Å². The highest BCUT2D eigenvalue weighted by atomic mass is 31.0. The molecule has 28 heavy (non-hydrogen) atoms. The molecule has 0 aliphatic carbocycles. The molecular weight excluding hydrogens is 385 g/mol. The van der Waals surface area contributed by atoms with Crippen LogP contribution in [0.4, 0.5) is 13.2 Å². The number of hydrogen-bond donors (Lipinski definition) is 0. The molecule has 11 heteroatoms. The summed E-state index contributed by atoms with van der Waals surface area (Å²) in [6.45, 7) is 4.38. The van der Waals surface area contributed by atoms with E-state index in [1.165, 1.54) is 48.8 Å². The summed E-state index contributed by atoms with van der Waals surface area (Å²) in [6.07, 6.45) is 7.15. The van der Waals surface area contributed by atoms with Crippen LogP contribution in [0.15, 0.2) is 72.8 Å². The van der Waals surface area contributed by atoms with Gasteiger partial charge in [-0.25, -0.2) is 14.4 Å². The number of rotatable bonds is 9. The van der Waals surface area contributed by atoms with Gasteiger partial charge in [-0.3, -0.25) is 0 Å². The molecule has 1 unspecified atom stereocenters. The number of nitrogens with zero attached hydrogens (tertiary/aromatic N) is 2. The molecule has 2 heterocycles. The fraction of sp³-hybridized carbons (Fsp3) is 0.0588. The third-order valence-corrected chi connectivity index (χ3v) is 4.16. The van der Waals surface area contributed by atoms with Gasteiger partial charge in [0.15, 0.2) is 0 Å². The van der Waals surface area contributed by atoms with Crippen LogP contribution in [0.2, 0.25) is 0 Å². The topological polar surface area (TPSA) is 44.2 Å². The maximum absolute atomic E-state index is 13.2. The molecule has 1 atom stereocenters. The molecule has 4 nitrogen and oxygen atoms in total. The number of aromatic nitrogens is 2. The van der Waals surface area contributed by atoms with Crippen LogP contribution < -0.4 is 10.9 Å². The van der Waals surface area contributed by atoms with Crippen LogP contribution in [0.1, 0.15) is 6.92 Å². The van der Waals surface area contributed by atoms with Gasteiger partial charge in [0.25, 0.3) is 7.48 Å². The van der Waals surface area contributed by atoms with Crippen molar-refractivity contribution in [3.63, 3.8) is 0 Å². The maximum atomic E-state index is 13.2. The SMILES string of the molecule is C=C(F)/C=C\C(BOB(OB(P)c1ccc(F)nc1)c1ccc(F)nc1)=C/C. The van der Waals surface area contributed by atoms with Crippen molar-refractivity contribution in [1.29, 1.82) is 0 Å². The lowest BCUT2D eigenvalue weighted by Gasteiger charge is -2.19. The molecule has 0 aromatic carbocycles. The van der Waals surface area contributed by atoms with Gasteiger partial charge in [-0.1, -0.05) is 36.3 Å². The Labute approximate surface area is 165 Å². The van der Waals surface area contributed by atoms with Crippen molar-refractivity contribution >= 4 is 41.3 Å². The van der Waals surface area contributed by atoms with E-state index in [4.69, 9.17) is 9.14 Å². The number of halogens is 3. The van der Waals surface area contributed by atoms with Gasteiger partial charge in [-0.15, -0.1) is 9.12 Å². The molecule has 2 aromatic heterocycles. The van der Waals surface area contributed by atoms with Crippen LogP contribution >= 0.6 is 9.12 Å². The Kier molecular flexibility index (Phi) is 8.70. The number of allylic oxidation sites excluding steroid dienone is 5. The molecule has 0 saturated carbocycles. The van der Waals surface area contributed by atoms with Gasteiger partial charge in [-0.2, -0.15) is 8.78 Å². The predicted molar refractivity (Wildman–Crippen MR) is 111 cm³/mol. The highest BCUT2D eigenvalue weighted by Gasteiger charge is 2.27. The van der Waals surface area contributed by atoms with Crippen molar-refractivity contribution in [2.24, 2.45) is 0 Å². The first-order valence-corrected chi connectivity index (χ1v) is 8.99. The molecular formula is C17H17B3F3N2O2P. The Morgan fingerprint density at radius 1 is 1.11 bits per heavy atom. The van der Waals surface area contributed by atoms with Crippen LogP contribution in [0.3, 0.4) is 0 Å². The first kappa shape index (κ1) is 22.1. The molecule has 0 spiro atoms. The van der Waals surface area contributed by atoms with Crippen molar-refractivity contribution in [1.82, 2.24) is 9.97 Å². The fourth-order valence-electron chi connectivity index (χ4n) is 2.11. The molecule has 0 aliphatic heterocycles. The summed E-state index contributed by atoms with van der Waals surface area (Å²) in [4.78, 5) is 7.21. The predicted octanol–water partition coefficient (Wildman–Crippen LogP) is 2.05. The van der Waals surface area contributed by atoms with E-state index in [0.29, 0.717) is 16.4 Å². The second kappa shape index (κ2) is 11.0. The van der Waals surface area contributed by atoms with Gasteiger partial charge in [0.2, 0.25) is 11.9 Å². The normalized spacial score (nSPS) is 11.5. The van der Waals surface area contributed by atoms with Crippen LogP contribution in [-0.4, -0.2) is 31.2 Å². The van der Waals surface area contributed by atoms with Crippen LogP contribution in [0.25, 0.3) is 0 Å². The molecule has 0 aliphatic rings. The quantitative estimate of drug-likeness (QED) is 0.279. The van der Waals surface area contributed by atoms with Gasteiger partial charge < -0.3 is 9.14 Å². The number of hydrogen-bond acceptors (Lipinski definition) is 4. The average molecular weight is 402 g/mol. The molecule has 0 radical (unpaired) electrons. The molecule has 0 saturated heterocycles. The van der Waals surface area contributed by atoms with E-state index in [9.17, 15) is 13.2 Å². The van der Waals surface area contributed by atoms with Gasteiger partial charge in [0.05, 0.1) is 0 Å². The zero-order valence-electron chi connectivity index (χ0n) is 15.2. The smallest absolute Gasteiger partial charge is 0.465 e. The third kappa shape index (κ3) is 7.11. The summed E-state index contributed by atoms with van der Waals surface area (Å²) < 4.78 is 50.7. The monoisotopic (exact) mass is 402 g/mol. The summed E-state index contributed by atoms with van der Waals surface area (Å²) >= 11 is 0. The van der Waals surface area contributed by atoms with E-state index in [2.05, 4.69) is 25.7 Å². The van der Waals surface area contributed by atoms with E-state index in [0.717, 1.165) is 0 Å². The Hall–Kier alpha value is -2.15. The summed E-state index contributed by atoms with van der Waals surface area (Å²) in [5, 5.41) is 0. The molecule has 0 amide bonds. The van der Waals surface area contributed by atoms with Crippen molar-refractivity contribution < 1.29 is 22.3 Å². The zero-order chi connectivity index (χ0) is 20.5. The molecule has 0 bridgehead atoms. The van der Waals surface area contributed by atoms with Crippen molar-refractivity contribution in [2.45, 2.75) is 6.92 Å². The van der Waals surface area contributed by atoms with E-state index in [-0.39, 0.29) is 7.48 Å². The van der Waals surface area contributed by atoms with Gasteiger partial charge >= 0.3 is 13.8 Å². The minimum Gasteiger partial charge on any atom is -0.471 e. The maximum Gasteiger partial charge on any atom is 0.465 e. The molecule has 0 fully saturated rings.